The summed E-state index contributed by atoms with van der Waals surface area (Å²) >= 11 is 5.80. The molecule has 0 fully saturated rings. The van der Waals surface area contributed by atoms with E-state index in [9.17, 15) is 4.79 Å². The van der Waals surface area contributed by atoms with E-state index in [-0.39, 0.29) is 12.0 Å². The van der Waals surface area contributed by atoms with Crippen molar-refractivity contribution in [2.45, 2.75) is 20.0 Å². The second-order valence-corrected chi connectivity index (χ2v) is 5.09. The largest absolute Gasteiger partial charge is 0.491 e. The number of anilines is 1. The van der Waals surface area contributed by atoms with E-state index in [4.69, 9.17) is 16.3 Å². The summed E-state index contributed by atoms with van der Waals surface area (Å²) in [5, 5.41) is 3.43. The first-order chi connectivity index (χ1) is 9.54. The summed E-state index contributed by atoms with van der Waals surface area (Å²) in [5.74, 6) is 0.553. The molecule has 1 amide bonds. The van der Waals surface area contributed by atoms with Crippen molar-refractivity contribution in [2.24, 2.45) is 0 Å². The molecule has 0 spiro atoms. The number of benzene rings is 2. The highest BCUT2D eigenvalue weighted by Gasteiger charge is 2.06. The van der Waals surface area contributed by atoms with Crippen molar-refractivity contribution in [3.05, 3.63) is 59.1 Å². The molecule has 2 aromatic carbocycles. The zero-order valence-electron chi connectivity index (χ0n) is 11.4. The summed E-state index contributed by atoms with van der Waals surface area (Å²) in [6, 6.07) is 14.1. The highest BCUT2D eigenvalue weighted by atomic mass is 35.5. The molecule has 0 atom stereocenters. The van der Waals surface area contributed by atoms with E-state index in [1.807, 2.05) is 32.0 Å². The lowest BCUT2D eigenvalue weighted by Gasteiger charge is -2.11. The van der Waals surface area contributed by atoms with Crippen LogP contribution in [0.2, 0.25) is 5.02 Å². The van der Waals surface area contributed by atoms with E-state index in [0.717, 1.165) is 5.75 Å². The Morgan fingerprint density at radius 3 is 2.50 bits per heavy atom. The van der Waals surface area contributed by atoms with E-state index in [0.29, 0.717) is 16.3 Å². The molecule has 0 heterocycles. The van der Waals surface area contributed by atoms with E-state index in [2.05, 4.69) is 5.32 Å². The topological polar surface area (TPSA) is 38.3 Å². The smallest absolute Gasteiger partial charge is 0.255 e. The summed E-state index contributed by atoms with van der Waals surface area (Å²) in [4.78, 5) is 12.1. The molecule has 0 aromatic heterocycles. The van der Waals surface area contributed by atoms with Crippen molar-refractivity contribution in [1.82, 2.24) is 0 Å². The van der Waals surface area contributed by atoms with Crippen LogP contribution in [0, 0.1) is 0 Å². The molecule has 0 saturated carbocycles. The number of hydrogen-bond donors (Lipinski definition) is 1. The first kappa shape index (κ1) is 14.4. The second kappa shape index (κ2) is 6.44. The molecule has 0 saturated heterocycles. The maximum Gasteiger partial charge on any atom is 0.255 e. The molecule has 0 radical (unpaired) electrons. The van der Waals surface area contributed by atoms with Gasteiger partial charge in [-0.25, -0.2) is 0 Å². The maximum atomic E-state index is 12.1. The number of hydrogen-bond acceptors (Lipinski definition) is 2. The molecule has 0 aliphatic rings. The van der Waals surface area contributed by atoms with Gasteiger partial charge in [-0.3, -0.25) is 4.79 Å². The van der Waals surface area contributed by atoms with Gasteiger partial charge in [0.25, 0.3) is 5.91 Å². The van der Waals surface area contributed by atoms with Crippen LogP contribution in [0.1, 0.15) is 24.2 Å². The molecule has 2 aromatic rings. The predicted molar refractivity (Wildman–Crippen MR) is 81.6 cm³/mol. The van der Waals surface area contributed by atoms with Gasteiger partial charge < -0.3 is 10.1 Å². The third-order valence-corrected chi connectivity index (χ3v) is 2.82. The third kappa shape index (κ3) is 4.00. The van der Waals surface area contributed by atoms with Crippen molar-refractivity contribution in [1.29, 1.82) is 0 Å². The van der Waals surface area contributed by atoms with Crippen LogP contribution in [0.5, 0.6) is 5.75 Å². The standard InChI is InChI=1S/C16H16ClNO2/c1-11(2)20-15-5-3-4-14(10-15)18-16(19)12-6-8-13(17)9-7-12/h3-11H,1-2H3,(H,18,19). The summed E-state index contributed by atoms with van der Waals surface area (Å²) in [6.07, 6.45) is 0.0946. The Morgan fingerprint density at radius 1 is 1.15 bits per heavy atom. The zero-order valence-corrected chi connectivity index (χ0v) is 12.1. The van der Waals surface area contributed by atoms with Crippen LogP contribution in [-0.4, -0.2) is 12.0 Å². The van der Waals surface area contributed by atoms with E-state index >= 15 is 0 Å². The summed E-state index contributed by atoms with van der Waals surface area (Å²) in [6.45, 7) is 3.91. The first-order valence-electron chi connectivity index (χ1n) is 6.38. The van der Waals surface area contributed by atoms with Gasteiger partial charge in [0, 0.05) is 22.3 Å². The molecule has 0 aliphatic heterocycles. The van der Waals surface area contributed by atoms with Crippen LogP contribution < -0.4 is 10.1 Å². The molecular weight excluding hydrogens is 274 g/mol. The van der Waals surface area contributed by atoms with E-state index in [1.54, 1.807) is 30.3 Å². The average Bonchev–Trinajstić information content (AvgIpc) is 2.39. The fourth-order valence-electron chi connectivity index (χ4n) is 1.72. The van der Waals surface area contributed by atoms with Crippen LogP contribution in [0.15, 0.2) is 48.5 Å². The lowest BCUT2D eigenvalue weighted by molar-refractivity contribution is 0.102. The number of carbonyl (C=O) groups excluding carboxylic acids is 1. The SMILES string of the molecule is CC(C)Oc1cccc(NC(=O)c2ccc(Cl)cc2)c1. The van der Waals surface area contributed by atoms with Crippen molar-refractivity contribution in [2.75, 3.05) is 5.32 Å². The van der Waals surface area contributed by atoms with Crippen LogP contribution >= 0.6 is 11.6 Å². The molecule has 2 rings (SSSR count). The minimum absolute atomic E-state index is 0.0946. The molecular formula is C16H16ClNO2. The molecule has 4 heteroatoms. The van der Waals surface area contributed by atoms with Gasteiger partial charge in [0.2, 0.25) is 0 Å². The lowest BCUT2D eigenvalue weighted by Crippen LogP contribution is -2.12. The van der Waals surface area contributed by atoms with Gasteiger partial charge in [-0.1, -0.05) is 17.7 Å². The van der Waals surface area contributed by atoms with E-state index in [1.165, 1.54) is 0 Å². The number of halogens is 1. The van der Waals surface area contributed by atoms with Crippen molar-refractivity contribution < 1.29 is 9.53 Å². The quantitative estimate of drug-likeness (QED) is 0.907. The van der Waals surface area contributed by atoms with Gasteiger partial charge in [-0.05, 0) is 50.2 Å². The number of nitrogens with one attached hydrogen (secondary N) is 1. The van der Waals surface area contributed by atoms with Gasteiger partial charge in [0.1, 0.15) is 5.75 Å². The van der Waals surface area contributed by atoms with Gasteiger partial charge in [0.05, 0.1) is 6.10 Å². The fourth-order valence-corrected chi connectivity index (χ4v) is 1.85. The number of rotatable bonds is 4. The zero-order chi connectivity index (χ0) is 14.5. The highest BCUT2D eigenvalue weighted by molar-refractivity contribution is 6.30. The van der Waals surface area contributed by atoms with Gasteiger partial charge in [0.15, 0.2) is 0 Å². The van der Waals surface area contributed by atoms with Gasteiger partial charge in [-0.2, -0.15) is 0 Å². The third-order valence-electron chi connectivity index (χ3n) is 2.57. The molecule has 1 N–H and O–H groups in total. The Hall–Kier alpha value is -2.00. The minimum Gasteiger partial charge on any atom is -0.491 e. The van der Waals surface area contributed by atoms with Crippen LogP contribution in [0.4, 0.5) is 5.69 Å². The Bertz CT molecular complexity index is 594. The Kier molecular flexibility index (Phi) is 4.64. The molecule has 20 heavy (non-hydrogen) atoms. The molecule has 0 bridgehead atoms. The van der Waals surface area contributed by atoms with Gasteiger partial charge >= 0.3 is 0 Å². The number of amides is 1. The van der Waals surface area contributed by atoms with Crippen molar-refractivity contribution in [3.63, 3.8) is 0 Å². The first-order valence-corrected chi connectivity index (χ1v) is 6.76. The fraction of sp³-hybridized carbons (Fsp3) is 0.188. The average molecular weight is 290 g/mol. The summed E-state index contributed by atoms with van der Waals surface area (Å²) in [5.41, 5.74) is 1.26. The van der Waals surface area contributed by atoms with E-state index < -0.39 is 0 Å². The monoisotopic (exact) mass is 289 g/mol. The Morgan fingerprint density at radius 2 is 1.85 bits per heavy atom. The molecule has 3 nitrogen and oxygen atoms in total. The van der Waals surface area contributed by atoms with Crippen LogP contribution in [0.25, 0.3) is 0 Å². The summed E-state index contributed by atoms with van der Waals surface area (Å²) < 4.78 is 5.59. The number of ether oxygens (including phenoxy) is 1. The lowest BCUT2D eigenvalue weighted by atomic mass is 10.2. The van der Waals surface area contributed by atoms with Crippen molar-refractivity contribution >= 4 is 23.2 Å². The minimum atomic E-state index is -0.177. The molecule has 104 valence electrons. The highest BCUT2D eigenvalue weighted by Crippen LogP contribution is 2.19. The summed E-state index contributed by atoms with van der Waals surface area (Å²) in [7, 11) is 0. The van der Waals surface area contributed by atoms with Gasteiger partial charge in [-0.15, -0.1) is 0 Å². The predicted octanol–water partition coefficient (Wildman–Crippen LogP) is 4.38. The Balaban J connectivity index is 2.09. The van der Waals surface area contributed by atoms with Crippen LogP contribution in [0.3, 0.4) is 0 Å². The molecule has 0 unspecified atom stereocenters. The Labute approximate surface area is 123 Å². The normalized spacial score (nSPS) is 10.4. The maximum absolute atomic E-state index is 12.1. The number of carbonyl (C=O) groups is 1. The molecule has 0 aliphatic carbocycles. The van der Waals surface area contributed by atoms with Crippen LogP contribution in [-0.2, 0) is 0 Å². The van der Waals surface area contributed by atoms with Crippen molar-refractivity contribution in [3.8, 4) is 5.75 Å². The second-order valence-electron chi connectivity index (χ2n) is 4.66.